The van der Waals surface area contributed by atoms with E-state index in [1.54, 1.807) is 0 Å². The minimum Gasteiger partial charge on any atom is -0.355 e. The summed E-state index contributed by atoms with van der Waals surface area (Å²) in [5.74, 6) is 1.12. The van der Waals surface area contributed by atoms with E-state index in [2.05, 4.69) is 33.8 Å². The number of anilines is 1. The van der Waals surface area contributed by atoms with Gasteiger partial charge < -0.3 is 15.5 Å². The van der Waals surface area contributed by atoms with Crippen molar-refractivity contribution in [1.29, 1.82) is 0 Å². The molecule has 0 aromatic carbocycles. The maximum absolute atomic E-state index is 5.55. The Labute approximate surface area is 116 Å². The van der Waals surface area contributed by atoms with Gasteiger partial charge in [0.05, 0.1) is 0 Å². The summed E-state index contributed by atoms with van der Waals surface area (Å²) in [7, 11) is 0. The molecule has 4 nitrogen and oxygen atoms in total. The third-order valence-electron chi connectivity index (χ3n) is 3.74. The average Bonchev–Trinajstić information content (AvgIpc) is 2.66. The summed E-state index contributed by atoms with van der Waals surface area (Å²) in [5.41, 5.74) is 6.77. The molecule has 4 heteroatoms. The summed E-state index contributed by atoms with van der Waals surface area (Å²) in [6.45, 7) is 8.62. The van der Waals surface area contributed by atoms with Crippen LogP contribution in [-0.2, 0) is 0 Å². The molecule has 0 bridgehead atoms. The zero-order valence-corrected chi connectivity index (χ0v) is 12.0. The predicted molar refractivity (Wildman–Crippen MR) is 80.5 cm³/mol. The van der Waals surface area contributed by atoms with Gasteiger partial charge in [0, 0.05) is 25.8 Å². The fraction of sp³-hybridized carbons (Fsp3) is 0.667. The van der Waals surface area contributed by atoms with E-state index in [0.29, 0.717) is 0 Å². The molecule has 1 aromatic rings. The highest BCUT2D eigenvalue weighted by molar-refractivity contribution is 5.39. The molecule has 106 valence electrons. The molecule has 19 heavy (non-hydrogen) atoms. The highest BCUT2D eigenvalue weighted by Crippen LogP contribution is 2.14. The van der Waals surface area contributed by atoms with Gasteiger partial charge >= 0.3 is 0 Å². The van der Waals surface area contributed by atoms with Crippen LogP contribution in [0.15, 0.2) is 18.3 Å². The van der Waals surface area contributed by atoms with Crippen LogP contribution >= 0.6 is 0 Å². The van der Waals surface area contributed by atoms with E-state index in [1.165, 1.54) is 31.5 Å². The standard InChI is InChI=1S/C15H26N4/c1-14-5-6-15(17-13-14)19-10-4-9-18(11-12-19)8-3-2-7-16/h5-6,13H,2-4,7-12,16H2,1H3. The first-order chi connectivity index (χ1) is 9.29. The van der Waals surface area contributed by atoms with Crippen LogP contribution < -0.4 is 10.6 Å². The van der Waals surface area contributed by atoms with Gasteiger partial charge in [-0.2, -0.15) is 0 Å². The Balaban J connectivity index is 1.84. The van der Waals surface area contributed by atoms with Crippen LogP contribution in [0.4, 0.5) is 5.82 Å². The fourth-order valence-electron chi connectivity index (χ4n) is 2.55. The Morgan fingerprint density at radius 1 is 1.16 bits per heavy atom. The lowest BCUT2D eigenvalue weighted by Crippen LogP contribution is -2.31. The van der Waals surface area contributed by atoms with Crippen molar-refractivity contribution >= 4 is 5.82 Å². The molecule has 0 atom stereocenters. The van der Waals surface area contributed by atoms with E-state index >= 15 is 0 Å². The number of nitrogens with zero attached hydrogens (tertiary/aromatic N) is 3. The summed E-state index contributed by atoms with van der Waals surface area (Å²) >= 11 is 0. The molecule has 1 saturated heterocycles. The lowest BCUT2D eigenvalue weighted by atomic mass is 10.3. The smallest absolute Gasteiger partial charge is 0.128 e. The molecule has 2 N–H and O–H groups in total. The first-order valence-corrected chi connectivity index (χ1v) is 7.39. The Hall–Kier alpha value is -1.13. The fourth-order valence-corrected chi connectivity index (χ4v) is 2.55. The van der Waals surface area contributed by atoms with E-state index < -0.39 is 0 Å². The minimum atomic E-state index is 0.813. The maximum atomic E-state index is 5.55. The summed E-state index contributed by atoms with van der Waals surface area (Å²) in [6.07, 6.45) is 5.54. The highest BCUT2D eigenvalue weighted by Gasteiger charge is 2.15. The predicted octanol–water partition coefficient (Wildman–Crippen LogP) is 1.64. The zero-order chi connectivity index (χ0) is 13.5. The highest BCUT2D eigenvalue weighted by atomic mass is 15.2. The van der Waals surface area contributed by atoms with Gasteiger partial charge in [-0.15, -0.1) is 0 Å². The van der Waals surface area contributed by atoms with Gasteiger partial charge in [0.1, 0.15) is 5.82 Å². The van der Waals surface area contributed by atoms with Crippen LogP contribution in [0.5, 0.6) is 0 Å². The van der Waals surface area contributed by atoms with Crippen molar-refractivity contribution in [1.82, 2.24) is 9.88 Å². The van der Waals surface area contributed by atoms with E-state index in [9.17, 15) is 0 Å². The lowest BCUT2D eigenvalue weighted by molar-refractivity contribution is 0.288. The molecule has 0 radical (unpaired) electrons. The van der Waals surface area contributed by atoms with Crippen molar-refractivity contribution in [3.8, 4) is 0 Å². The van der Waals surface area contributed by atoms with Gasteiger partial charge in [0.2, 0.25) is 0 Å². The second-order valence-electron chi connectivity index (χ2n) is 5.37. The molecule has 1 aliphatic rings. The topological polar surface area (TPSA) is 45.4 Å². The molecule has 0 aliphatic carbocycles. The Bertz CT molecular complexity index is 363. The zero-order valence-electron chi connectivity index (χ0n) is 12.0. The molecular formula is C15H26N4. The van der Waals surface area contributed by atoms with Crippen molar-refractivity contribution in [3.63, 3.8) is 0 Å². The number of aromatic nitrogens is 1. The molecule has 1 aliphatic heterocycles. The van der Waals surface area contributed by atoms with Crippen LogP contribution in [0, 0.1) is 6.92 Å². The van der Waals surface area contributed by atoms with Crippen LogP contribution in [0.3, 0.4) is 0 Å². The number of pyridine rings is 1. The molecule has 2 heterocycles. The van der Waals surface area contributed by atoms with Gasteiger partial charge in [0.15, 0.2) is 0 Å². The van der Waals surface area contributed by atoms with E-state index in [-0.39, 0.29) is 0 Å². The first kappa shape index (κ1) is 14.3. The molecule has 0 amide bonds. The monoisotopic (exact) mass is 262 g/mol. The molecule has 1 fully saturated rings. The van der Waals surface area contributed by atoms with Crippen LogP contribution in [-0.4, -0.2) is 49.2 Å². The van der Waals surface area contributed by atoms with Crippen LogP contribution in [0.1, 0.15) is 24.8 Å². The second kappa shape index (κ2) is 7.46. The van der Waals surface area contributed by atoms with Crippen molar-refractivity contribution < 1.29 is 0 Å². The second-order valence-corrected chi connectivity index (χ2v) is 5.37. The first-order valence-electron chi connectivity index (χ1n) is 7.39. The Morgan fingerprint density at radius 3 is 2.79 bits per heavy atom. The third kappa shape index (κ3) is 4.48. The largest absolute Gasteiger partial charge is 0.355 e. The van der Waals surface area contributed by atoms with Crippen molar-refractivity contribution in [2.75, 3.05) is 44.2 Å². The SMILES string of the molecule is Cc1ccc(N2CCCN(CCCCN)CC2)nc1. The van der Waals surface area contributed by atoms with Gasteiger partial charge in [-0.1, -0.05) is 6.07 Å². The van der Waals surface area contributed by atoms with Crippen molar-refractivity contribution in [2.45, 2.75) is 26.2 Å². The summed E-state index contributed by atoms with van der Waals surface area (Å²) in [6, 6.07) is 4.28. The quantitative estimate of drug-likeness (QED) is 0.820. The van der Waals surface area contributed by atoms with Crippen LogP contribution in [0.2, 0.25) is 0 Å². The van der Waals surface area contributed by atoms with Crippen LogP contribution in [0.25, 0.3) is 0 Å². The maximum Gasteiger partial charge on any atom is 0.128 e. The normalized spacial score (nSPS) is 17.5. The molecular weight excluding hydrogens is 236 g/mol. The number of hydrogen-bond acceptors (Lipinski definition) is 4. The number of aryl methyl sites for hydroxylation is 1. The number of nitrogens with two attached hydrogens (primary N) is 1. The van der Waals surface area contributed by atoms with Gasteiger partial charge in [-0.25, -0.2) is 4.98 Å². The lowest BCUT2D eigenvalue weighted by Gasteiger charge is -2.22. The van der Waals surface area contributed by atoms with Crippen molar-refractivity contribution in [2.24, 2.45) is 5.73 Å². The molecule has 0 spiro atoms. The average molecular weight is 262 g/mol. The number of rotatable bonds is 5. The summed E-state index contributed by atoms with van der Waals surface area (Å²) in [5, 5.41) is 0. The van der Waals surface area contributed by atoms with Crippen molar-refractivity contribution in [3.05, 3.63) is 23.9 Å². The number of unbranched alkanes of at least 4 members (excludes halogenated alkanes) is 1. The molecule has 1 aromatic heterocycles. The summed E-state index contributed by atoms with van der Waals surface area (Å²) < 4.78 is 0. The van der Waals surface area contributed by atoms with Gasteiger partial charge in [-0.05, 0) is 57.5 Å². The molecule has 0 unspecified atom stereocenters. The van der Waals surface area contributed by atoms with E-state index in [0.717, 1.165) is 38.4 Å². The number of hydrogen-bond donors (Lipinski definition) is 1. The van der Waals surface area contributed by atoms with Gasteiger partial charge in [-0.3, -0.25) is 0 Å². The third-order valence-corrected chi connectivity index (χ3v) is 3.74. The molecule has 2 rings (SSSR count). The Morgan fingerprint density at radius 2 is 2.05 bits per heavy atom. The minimum absolute atomic E-state index is 0.813. The van der Waals surface area contributed by atoms with E-state index in [1.807, 2.05) is 6.20 Å². The van der Waals surface area contributed by atoms with E-state index in [4.69, 9.17) is 5.73 Å². The summed E-state index contributed by atoms with van der Waals surface area (Å²) in [4.78, 5) is 9.50. The Kier molecular flexibility index (Phi) is 5.61. The van der Waals surface area contributed by atoms with Gasteiger partial charge in [0.25, 0.3) is 0 Å². The molecule has 0 saturated carbocycles.